The van der Waals surface area contributed by atoms with Crippen molar-refractivity contribution in [2.24, 2.45) is 0 Å². The van der Waals surface area contributed by atoms with E-state index >= 15 is 0 Å². The maximum absolute atomic E-state index is 12.8. The van der Waals surface area contributed by atoms with E-state index in [9.17, 15) is 14.4 Å². The molecule has 1 heterocycles. The lowest BCUT2D eigenvalue weighted by atomic mass is 9.92. The van der Waals surface area contributed by atoms with E-state index in [-0.39, 0.29) is 6.54 Å². The van der Waals surface area contributed by atoms with Crippen molar-refractivity contribution in [2.45, 2.75) is 12.5 Å². The Balaban J connectivity index is 1.77. The minimum Gasteiger partial charge on any atom is -0.324 e. The maximum atomic E-state index is 12.8. The highest BCUT2D eigenvalue weighted by atomic mass is 79.9. The molecule has 0 aliphatic carbocycles. The number of hydrogen-bond acceptors (Lipinski definition) is 3. The summed E-state index contributed by atoms with van der Waals surface area (Å²) < 4.78 is 1.51. The van der Waals surface area contributed by atoms with Crippen LogP contribution >= 0.6 is 31.9 Å². The van der Waals surface area contributed by atoms with Gasteiger partial charge in [0.2, 0.25) is 5.91 Å². The van der Waals surface area contributed by atoms with Gasteiger partial charge in [-0.25, -0.2) is 4.79 Å². The standard InChI is InChI=1S/C18H15Br2N3O3/c1-18(11-5-4-6-12(19)9-11)16(25)23(17(26)22-18)10-15(24)21-14-8-3-2-7-13(14)20/h2-9H,10H2,1H3,(H,21,24)(H,22,26)/t18-/m0/s1. The van der Waals surface area contributed by atoms with Gasteiger partial charge in [0.15, 0.2) is 0 Å². The van der Waals surface area contributed by atoms with Crippen LogP contribution in [-0.2, 0) is 15.1 Å². The number of anilines is 1. The van der Waals surface area contributed by atoms with Crippen LogP contribution < -0.4 is 10.6 Å². The number of para-hydroxylation sites is 1. The molecule has 0 unspecified atom stereocenters. The predicted molar refractivity (Wildman–Crippen MR) is 105 cm³/mol. The Labute approximate surface area is 167 Å². The Morgan fingerprint density at radius 3 is 2.58 bits per heavy atom. The summed E-state index contributed by atoms with van der Waals surface area (Å²) in [5, 5.41) is 5.37. The number of imide groups is 1. The van der Waals surface area contributed by atoms with Crippen LogP contribution in [0.15, 0.2) is 57.5 Å². The van der Waals surface area contributed by atoms with Crippen LogP contribution in [0.4, 0.5) is 10.5 Å². The van der Waals surface area contributed by atoms with Gasteiger partial charge in [0.05, 0.1) is 5.69 Å². The van der Waals surface area contributed by atoms with Gasteiger partial charge in [0, 0.05) is 8.95 Å². The van der Waals surface area contributed by atoms with Crippen molar-refractivity contribution < 1.29 is 14.4 Å². The minimum absolute atomic E-state index is 0.365. The lowest BCUT2D eigenvalue weighted by Gasteiger charge is -2.22. The van der Waals surface area contributed by atoms with Gasteiger partial charge < -0.3 is 10.6 Å². The number of amides is 4. The quantitative estimate of drug-likeness (QED) is 0.656. The zero-order valence-electron chi connectivity index (χ0n) is 13.8. The van der Waals surface area contributed by atoms with E-state index in [0.717, 1.165) is 9.37 Å². The largest absolute Gasteiger partial charge is 0.325 e. The molecule has 4 amide bonds. The molecule has 0 aromatic heterocycles. The molecule has 0 bridgehead atoms. The van der Waals surface area contributed by atoms with Crippen LogP contribution in [0.1, 0.15) is 12.5 Å². The van der Waals surface area contributed by atoms with Crippen molar-refractivity contribution >= 4 is 55.4 Å². The van der Waals surface area contributed by atoms with Gasteiger partial charge in [-0.2, -0.15) is 0 Å². The SMILES string of the molecule is C[C@@]1(c2cccc(Br)c2)NC(=O)N(CC(=O)Nc2ccccc2Br)C1=O. The Morgan fingerprint density at radius 2 is 1.88 bits per heavy atom. The summed E-state index contributed by atoms with van der Waals surface area (Å²) in [6, 6.07) is 13.6. The van der Waals surface area contributed by atoms with Gasteiger partial charge in [-0.15, -0.1) is 0 Å². The van der Waals surface area contributed by atoms with E-state index in [1.54, 1.807) is 43.3 Å². The maximum Gasteiger partial charge on any atom is 0.325 e. The molecule has 2 N–H and O–H groups in total. The van der Waals surface area contributed by atoms with E-state index in [0.29, 0.717) is 15.7 Å². The molecule has 8 heteroatoms. The highest BCUT2D eigenvalue weighted by Gasteiger charge is 2.49. The fourth-order valence-electron chi connectivity index (χ4n) is 2.73. The summed E-state index contributed by atoms with van der Waals surface area (Å²) >= 11 is 6.70. The molecule has 2 aromatic carbocycles. The highest BCUT2D eigenvalue weighted by molar-refractivity contribution is 9.10. The van der Waals surface area contributed by atoms with E-state index in [2.05, 4.69) is 42.5 Å². The number of carbonyl (C=O) groups is 3. The molecule has 0 radical (unpaired) electrons. The second kappa shape index (κ2) is 7.20. The van der Waals surface area contributed by atoms with Crippen molar-refractivity contribution in [3.05, 3.63) is 63.0 Å². The Bertz CT molecular complexity index is 903. The molecule has 2 aromatic rings. The van der Waals surface area contributed by atoms with E-state index in [1.165, 1.54) is 0 Å². The molecule has 6 nitrogen and oxygen atoms in total. The number of hydrogen-bond donors (Lipinski definition) is 2. The van der Waals surface area contributed by atoms with Crippen molar-refractivity contribution in [1.29, 1.82) is 0 Å². The molecule has 1 aliphatic heterocycles. The third kappa shape index (κ3) is 3.52. The van der Waals surface area contributed by atoms with Crippen LogP contribution in [0.2, 0.25) is 0 Å². The molecule has 0 spiro atoms. The van der Waals surface area contributed by atoms with E-state index in [1.807, 2.05) is 12.1 Å². The molecule has 3 rings (SSSR count). The fraction of sp³-hybridized carbons (Fsp3) is 0.167. The summed E-state index contributed by atoms with van der Waals surface area (Å²) in [6.07, 6.45) is 0. The van der Waals surface area contributed by atoms with Gasteiger partial charge in [0.25, 0.3) is 5.91 Å². The Kier molecular flexibility index (Phi) is 5.15. The number of nitrogens with zero attached hydrogens (tertiary/aromatic N) is 1. The number of halogens is 2. The summed E-state index contributed by atoms with van der Waals surface area (Å²) in [7, 11) is 0. The molecule has 1 saturated heterocycles. The van der Waals surface area contributed by atoms with Gasteiger partial charge >= 0.3 is 6.03 Å². The smallest absolute Gasteiger partial charge is 0.324 e. The molecule has 1 fully saturated rings. The molecule has 1 atom stereocenters. The second-order valence-corrected chi connectivity index (χ2v) is 7.75. The topological polar surface area (TPSA) is 78.5 Å². The first kappa shape index (κ1) is 18.6. The summed E-state index contributed by atoms with van der Waals surface area (Å²) in [4.78, 5) is 38.4. The van der Waals surface area contributed by atoms with Gasteiger partial charge in [-0.1, -0.05) is 40.2 Å². The molecular weight excluding hydrogens is 466 g/mol. The lowest BCUT2D eigenvalue weighted by Crippen LogP contribution is -2.42. The van der Waals surface area contributed by atoms with Crippen molar-refractivity contribution in [1.82, 2.24) is 10.2 Å². The van der Waals surface area contributed by atoms with E-state index < -0.39 is 23.4 Å². The van der Waals surface area contributed by atoms with Crippen LogP contribution in [0.5, 0.6) is 0 Å². The van der Waals surface area contributed by atoms with Gasteiger partial charge in [-0.05, 0) is 52.7 Å². The second-order valence-electron chi connectivity index (χ2n) is 5.98. The highest BCUT2D eigenvalue weighted by Crippen LogP contribution is 2.30. The summed E-state index contributed by atoms with van der Waals surface area (Å²) in [6.45, 7) is 1.26. The lowest BCUT2D eigenvalue weighted by molar-refractivity contribution is -0.133. The summed E-state index contributed by atoms with van der Waals surface area (Å²) in [5.41, 5.74) is -0.00711. The molecule has 134 valence electrons. The normalized spacial score (nSPS) is 19.4. The van der Waals surface area contributed by atoms with Crippen LogP contribution in [0, 0.1) is 0 Å². The van der Waals surface area contributed by atoms with Crippen molar-refractivity contribution in [3.8, 4) is 0 Å². The number of carbonyl (C=O) groups excluding carboxylic acids is 3. The third-order valence-electron chi connectivity index (χ3n) is 4.13. The molecule has 1 aliphatic rings. The Hall–Kier alpha value is -2.19. The van der Waals surface area contributed by atoms with Gasteiger partial charge in [-0.3, -0.25) is 14.5 Å². The molecule has 0 saturated carbocycles. The fourth-order valence-corrected chi connectivity index (χ4v) is 3.51. The van der Waals surface area contributed by atoms with Crippen molar-refractivity contribution in [2.75, 3.05) is 11.9 Å². The number of nitrogens with one attached hydrogen (secondary N) is 2. The van der Waals surface area contributed by atoms with Crippen LogP contribution in [0.3, 0.4) is 0 Å². The van der Waals surface area contributed by atoms with E-state index in [4.69, 9.17) is 0 Å². The number of benzene rings is 2. The Morgan fingerprint density at radius 1 is 1.15 bits per heavy atom. The number of urea groups is 1. The number of rotatable bonds is 4. The minimum atomic E-state index is -1.21. The summed E-state index contributed by atoms with van der Waals surface area (Å²) in [5.74, 6) is -0.929. The first-order valence-corrected chi connectivity index (χ1v) is 9.34. The first-order valence-electron chi connectivity index (χ1n) is 7.76. The predicted octanol–water partition coefficient (Wildman–Crippen LogP) is 3.62. The average Bonchev–Trinajstić information content (AvgIpc) is 2.81. The van der Waals surface area contributed by atoms with Crippen molar-refractivity contribution in [3.63, 3.8) is 0 Å². The monoisotopic (exact) mass is 479 g/mol. The average molecular weight is 481 g/mol. The molecular formula is C18H15Br2N3O3. The zero-order chi connectivity index (χ0) is 18.9. The first-order chi connectivity index (χ1) is 12.3. The zero-order valence-corrected chi connectivity index (χ0v) is 16.9. The molecule has 26 heavy (non-hydrogen) atoms. The van der Waals surface area contributed by atoms with Crippen LogP contribution in [0.25, 0.3) is 0 Å². The van der Waals surface area contributed by atoms with Crippen LogP contribution in [-0.4, -0.2) is 29.3 Å². The third-order valence-corrected chi connectivity index (χ3v) is 5.31. The van der Waals surface area contributed by atoms with Gasteiger partial charge in [0.1, 0.15) is 12.1 Å².